The van der Waals surface area contributed by atoms with Crippen LogP contribution in [-0.4, -0.2) is 9.55 Å². The number of nitrogens with zero attached hydrogens (tertiary/aromatic N) is 2. The van der Waals surface area contributed by atoms with Gasteiger partial charge in [0.05, 0.1) is 6.33 Å². The fourth-order valence-corrected chi connectivity index (χ4v) is 4.11. The summed E-state index contributed by atoms with van der Waals surface area (Å²) in [6.07, 6.45) is 5.77. The van der Waals surface area contributed by atoms with Crippen LogP contribution in [-0.2, 0) is 11.4 Å². The standard InChI is InChI=1S/C24H21ClN2/c1-19-16-20(17-25)12-13-23(19)24(27-15-14-26-18-27,21-8-4-2-5-9-21)22-10-6-3-7-11-22/h2-16,18H,17H2,1H3. The number of rotatable bonds is 5. The van der Waals surface area contributed by atoms with Gasteiger partial charge in [0, 0.05) is 18.3 Å². The Kier molecular flexibility index (Phi) is 4.83. The molecule has 4 rings (SSSR count). The highest BCUT2D eigenvalue weighted by Gasteiger charge is 2.39. The Morgan fingerprint density at radius 1 is 0.889 bits per heavy atom. The maximum absolute atomic E-state index is 6.08. The van der Waals surface area contributed by atoms with Gasteiger partial charge in [-0.3, -0.25) is 0 Å². The van der Waals surface area contributed by atoms with E-state index in [0.29, 0.717) is 5.88 Å². The van der Waals surface area contributed by atoms with Gasteiger partial charge in [-0.25, -0.2) is 4.98 Å². The number of imidazole rings is 1. The topological polar surface area (TPSA) is 17.8 Å². The van der Waals surface area contributed by atoms with E-state index in [1.165, 1.54) is 22.3 Å². The Morgan fingerprint density at radius 2 is 1.52 bits per heavy atom. The summed E-state index contributed by atoms with van der Waals surface area (Å²) in [6, 6.07) is 27.7. The number of hydrogen-bond acceptors (Lipinski definition) is 1. The van der Waals surface area contributed by atoms with Crippen molar-refractivity contribution in [3.8, 4) is 0 Å². The van der Waals surface area contributed by atoms with Crippen molar-refractivity contribution in [1.82, 2.24) is 9.55 Å². The Balaban J connectivity index is 2.12. The SMILES string of the molecule is Cc1cc(CCl)ccc1C(c1ccccc1)(c1ccccc1)n1ccnc1. The summed E-state index contributed by atoms with van der Waals surface area (Å²) in [5.74, 6) is 0.510. The number of hydrogen-bond donors (Lipinski definition) is 0. The van der Waals surface area contributed by atoms with Crippen LogP contribution in [0.1, 0.15) is 27.8 Å². The van der Waals surface area contributed by atoms with Gasteiger partial charge >= 0.3 is 0 Å². The third-order valence-corrected chi connectivity index (χ3v) is 5.42. The largest absolute Gasteiger partial charge is 0.319 e. The van der Waals surface area contributed by atoms with Crippen LogP contribution >= 0.6 is 11.6 Å². The van der Waals surface area contributed by atoms with Crippen molar-refractivity contribution in [3.63, 3.8) is 0 Å². The smallest absolute Gasteiger partial charge is 0.121 e. The van der Waals surface area contributed by atoms with Gasteiger partial charge in [0.1, 0.15) is 5.54 Å². The molecule has 1 aromatic heterocycles. The molecule has 0 unspecified atom stereocenters. The van der Waals surface area contributed by atoms with E-state index in [-0.39, 0.29) is 0 Å². The van der Waals surface area contributed by atoms with Crippen LogP contribution < -0.4 is 0 Å². The quantitative estimate of drug-likeness (QED) is 0.321. The number of alkyl halides is 1. The molecule has 0 aliphatic rings. The Bertz CT molecular complexity index is 969. The lowest BCUT2D eigenvalue weighted by molar-refractivity contribution is 0.512. The summed E-state index contributed by atoms with van der Waals surface area (Å²) in [4.78, 5) is 4.37. The summed E-state index contributed by atoms with van der Waals surface area (Å²) in [7, 11) is 0. The van der Waals surface area contributed by atoms with E-state index in [2.05, 4.69) is 95.3 Å². The van der Waals surface area contributed by atoms with Gasteiger partial charge < -0.3 is 4.57 Å². The molecule has 0 bridgehead atoms. The Morgan fingerprint density at radius 3 is 2.00 bits per heavy atom. The minimum absolute atomic E-state index is 0.506. The first kappa shape index (κ1) is 17.6. The first-order valence-electron chi connectivity index (χ1n) is 9.02. The maximum atomic E-state index is 6.08. The Hall–Kier alpha value is -2.84. The molecule has 134 valence electrons. The van der Waals surface area contributed by atoms with E-state index < -0.39 is 5.54 Å². The fraction of sp³-hybridized carbons (Fsp3) is 0.125. The molecule has 0 N–H and O–H groups in total. The third-order valence-electron chi connectivity index (χ3n) is 5.11. The molecule has 3 heteroatoms. The molecule has 0 amide bonds. The van der Waals surface area contributed by atoms with E-state index in [1.807, 2.05) is 18.7 Å². The summed E-state index contributed by atoms with van der Waals surface area (Å²) in [6.45, 7) is 2.16. The van der Waals surface area contributed by atoms with Crippen molar-refractivity contribution in [3.05, 3.63) is 125 Å². The lowest BCUT2D eigenvalue weighted by Gasteiger charge is -2.38. The average Bonchev–Trinajstić information content (AvgIpc) is 3.26. The highest BCUT2D eigenvalue weighted by molar-refractivity contribution is 6.17. The molecule has 0 fully saturated rings. The molecule has 0 aliphatic heterocycles. The molecule has 1 heterocycles. The molecule has 27 heavy (non-hydrogen) atoms. The second-order valence-corrected chi connectivity index (χ2v) is 6.96. The van der Waals surface area contributed by atoms with Crippen LogP contribution in [0, 0.1) is 6.92 Å². The van der Waals surface area contributed by atoms with Crippen molar-refractivity contribution < 1.29 is 0 Å². The Labute approximate surface area is 165 Å². The molecule has 4 aromatic rings. The van der Waals surface area contributed by atoms with Crippen LogP contribution in [0.4, 0.5) is 0 Å². The zero-order valence-electron chi connectivity index (χ0n) is 15.2. The van der Waals surface area contributed by atoms with Gasteiger partial charge in [-0.05, 0) is 34.7 Å². The molecule has 0 atom stereocenters. The monoisotopic (exact) mass is 372 g/mol. The van der Waals surface area contributed by atoms with Gasteiger partial charge in [-0.2, -0.15) is 0 Å². The first-order valence-corrected chi connectivity index (χ1v) is 9.55. The van der Waals surface area contributed by atoms with E-state index >= 15 is 0 Å². The lowest BCUT2D eigenvalue weighted by Crippen LogP contribution is -2.37. The second-order valence-electron chi connectivity index (χ2n) is 6.70. The van der Waals surface area contributed by atoms with Crippen molar-refractivity contribution >= 4 is 11.6 Å². The molecular formula is C24H21ClN2. The predicted octanol–water partition coefficient (Wildman–Crippen LogP) is 5.77. The fourth-order valence-electron chi connectivity index (χ4n) is 3.95. The van der Waals surface area contributed by atoms with Gasteiger partial charge in [0.25, 0.3) is 0 Å². The van der Waals surface area contributed by atoms with Crippen LogP contribution in [0.2, 0.25) is 0 Å². The number of halogens is 1. The van der Waals surface area contributed by atoms with Crippen LogP contribution in [0.15, 0.2) is 97.6 Å². The normalized spacial score (nSPS) is 11.5. The molecule has 0 aliphatic carbocycles. The zero-order chi connectivity index (χ0) is 18.7. The van der Waals surface area contributed by atoms with E-state index in [4.69, 9.17) is 11.6 Å². The summed E-state index contributed by atoms with van der Waals surface area (Å²) in [5.41, 5.74) is 5.42. The van der Waals surface area contributed by atoms with Gasteiger partial charge in [0.15, 0.2) is 0 Å². The number of aryl methyl sites for hydroxylation is 1. The molecule has 3 aromatic carbocycles. The summed E-state index contributed by atoms with van der Waals surface area (Å²) >= 11 is 6.08. The second kappa shape index (κ2) is 7.42. The average molecular weight is 373 g/mol. The highest BCUT2D eigenvalue weighted by Crippen LogP contribution is 2.42. The molecule has 0 saturated carbocycles. The van der Waals surface area contributed by atoms with Crippen LogP contribution in [0.3, 0.4) is 0 Å². The highest BCUT2D eigenvalue weighted by atomic mass is 35.5. The number of benzene rings is 3. The van der Waals surface area contributed by atoms with Gasteiger partial charge in [0.2, 0.25) is 0 Å². The number of aromatic nitrogens is 2. The van der Waals surface area contributed by atoms with Gasteiger partial charge in [-0.15, -0.1) is 11.6 Å². The van der Waals surface area contributed by atoms with E-state index in [1.54, 1.807) is 0 Å². The lowest BCUT2D eigenvalue weighted by atomic mass is 9.75. The first-order chi connectivity index (χ1) is 13.3. The zero-order valence-corrected chi connectivity index (χ0v) is 16.0. The van der Waals surface area contributed by atoms with Crippen molar-refractivity contribution in [1.29, 1.82) is 0 Å². The minimum Gasteiger partial charge on any atom is -0.319 e. The molecule has 0 radical (unpaired) electrons. The maximum Gasteiger partial charge on any atom is 0.121 e. The molecule has 2 nitrogen and oxygen atoms in total. The summed E-state index contributed by atoms with van der Waals surface area (Å²) < 4.78 is 2.19. The van der Waals surface area contributed by atoms with Crippen molar-refractivity contribution in [2.45, 2.75) is 18.3 Å². The van der Waals surface area contributed by atoms with E-state index in [9.17, 15) is 0 Å². The van der Waals surface area contributed by atoms with Crippen LogP contribution in [0.25, 0.3) is 0 Å². The van der Waals surface area contributed by atoms with Crippen molar-refractivity contribution in [2.75, 3.05) is 0 Å². The third kappa shape index (κ3) is 2.96. The van der Waals surface area contributed by atoms with Crippen LogP contribution in [0.5, 0.6) is 0 Å². The molecule has 0 spiro atoms. The van der Waals surface area contributed by atoms with Gasteiger partial charge in [-0.1, -0.05) is 78.9 Å². The summed E-state index contributed by atoms with van der Waals surface area (Å²) in [5, 5.41) is 0. The minimum atomic E-state index is -0.506. The van der Waals surface area contributed by atoms with Crippen molar-refractivity contribution in [2.24, 2.45) is 0 Å². The molecule has 0 saturated heterocycles. The predicted molar refractivity (Wildman–Crippen MR) is 111 cm³/mol. The molecular weight excluding hydrogens is 352 g/mol. The van der Waals surface area contributed by atoms with E-state index in [0.717, 1.165) is 5.56 Å².